The highest BCUT2D eigenvalue weighted by Crippen LogP contribution is 2.20. The minimum Gasteiger partial charge on any atom is -0.396 e. The molecule has 0 spiro atoms. The van der Waals surface area contributed by atoms with Crippen LogP contribution >= 0.6 is 11.6 Å². The molecule has 1 N–H and O–H groups in total. The zero-order valence-electron chi connectivity index (χ0n) is 11.2. The molecule has 0 radical (unpaired) electrons. The van der Waals surface area contributed by atoms with E-state index in [-0.39, 0.29) is 18.1 Å². The van der Waals surface area contributed by atoms with Crippen molar-refractivity contribution in [1.82, 2.24) is 9.97 Å². The zero-order chi connectivity index (χ0) is 15.2. The van der Waals surface area contributed by atoms with Crippen LogP contribution in [0.4, 0.5) is 4.39 Å². The van der Waals surface area contributed by atoms with Gasteiger partial charge in [-0.2, -0.15) is 0 Å². The fraction of sp³-hybridized carbons (Fsp3) is 0.267. The lowest BCUT2D eigenvalue weighted by Crippen LogP contribution is -2.08. The van der Waals surface area contributed by atoms with E-state index in [2.05, 4.69) is 9.97 Å². The Labute approximate surface area is 126 Å². The molecule has 0 bridgehead atoms. The highest BCUT2D eigenvalue weighted by molar-refractivity contribution is 6.30. The lowest BCUT2D eigenvalue weighted by Gasteiger charge is -2.08. The second-order valence-electron chi connectivity index (χ2n) is 4.59. The third-order valence-corrected chi connectivity index (χ3v) is 3.38. The maximum atomic E-state index is 13.8. The molecular formula is C15H14ClFN2O2. The van der Waals surface area contributed by atoms with Gasteiger partial charge in [0.05, 0.1) is 10.9 Å². The third kappa shape index (κ3) is 3.83. The largest absolute Gasteiger partial charge is 0.396 e. The molecular weight excluding hydrogens is 295 g/mol. The van der Waals surface area contributed by atoms with Crippen molar-refractivity contribution in [2.45, 2.75) is 18.8 Å². The minimum absolute atomic E-state index is 0.0778. The van der Waals surface area contributed by atoms with Gasteiger partial charge in [-0.15, -0.1) is 0 Å². The van der Waals surface area contributed by atoms with Gasteiger partial charge in [-0.3, -0.25) is 0 Å². The van der Waals surface area contributed by atoms with Crippen molar-refractivity contribution in [3.63, 3.8) is 0 Å². The number of hydrogen-bond donors (Lipinski definition) is 1. The smallest absolute Gasteiger partial charge is 0.145 e. The standard InChI is InChI=1S/C15H14ClFN2O2/c16-13-3-1-2-11(14(13)17)6-10-7-18-15(19-8-10)12(9-21)4-5-20/h1-3,7-9,12,20H,4-6H2. The van der Waals surface area contributed by atoms with Crippen molar-refractivity contribution < 1.29 is 14.3 Å². The van der Waals surface area contributed by atoms with Crippen molar-refractivity contribution in [2.75, 3.05) is 6.61 Å². The van der Waals surface area contributed by atoms with Crippen LogP contribution in [0.1, 0.15) is 29.3 Å². The average molecular weight is 309 g/mol. The summed E-state index contributed by atoms with van der Waals surface area (Å²) in [6, 6.07) is 4.82. The number of rotatable bonds is 6. The Morgan fingerprint density at radius 1 is 1.33 bits per heavy atom. The lowest BCUT2D eigenvalue weighted by atomic mass is 10.1. The summed E-state index contributed by atoms with van der Waals surface area (Å²) in [6.07, 6.45) is 4.42. The zero-order valence-corrected chi connectivity index (χ0v) is 11.9. The first-order chi connectivity index (χ1) is 10.2. The normalized spacial score (nSPS) is 12.1. The first-order valence-electron chi connectivity index (χ1n) is 6.45. The topological polar surface area (TPSA) is 63.1 Å². The fourth-order valence-corrected chi connectivity index (χ4v) is 2.14. The lowest BCUT2D eigenvalue weighted by molar-refractivity contribution is -0.109. The number of aldehydes is 1. The molecule has 21 heavy (non-hydrogen) atoms. The van der Waals surface area contributed by atoms with Gasteiger partial charge in [-0.1, -0.05) is 23.7 Å². The van der Waals surface area contributed by atoms with E-state index in [0.29, 0.717) is 29.7 Å². The van der Waals surface area contributed by atoms with Gasteiger partial charge >= 0.3 is 0 Å². The molecule has 1 aromatic carbocycles. The van der Waals surface area contributed by atoms with Gasteiger partial charge in [0, 0.05) is 25.4 Å². The van der Waals surface area contributed by atoms with Crippen LogP contribution in [0.2, 0.25) is 5.02 Å². The second-order valence-corrected chi connectivity index (χ2v) is 5.00. The Morgan fingerprint density at radius 3 is 2.67 bits per heavy atom. The van der Waals surface area contributed by atoms with Crippen molar-refractivity contribution in [3.05, 3.63) is 58.4 Å². The van der Waals surface area contributed by atoms with Gasteiger partial charge in [0.1, 0.15) is 17.9 Å². The van der Waals surface area contributed by atoms with E-state index >= 15 is 0 Å². The van der Waals surface area contributed by atoms with Crippen LogP contribution in [0.15, 0.2) is 30.6 Å². The van der Waals surface area contributed by atoms with Crippen molar-refractivity contribution in [1.29, 1.82) is 0 Å². The summed E-state index contributed by atoms with van der Waals surface area (Å²) in [6.45, 7) is -0.109. The number of aliphatic hydroxyl groups excluding tert-OH is 1. The molecule has 1 atom stereocenters. The highest BCUT2D eigenvalue weighted by atomic mass is 35.5. The number of aromatic nitrogens is 2. The third-order valence-electron chi connectivity index (χ3n) is 3.09. The SMILES string of the molecule is O=CC(CCO)c1ncc(Cc2cccc(Cl)c2F)cn1. The van der Waals surface area contributed by atoms with Crippen LogP contribution < -0.4 is 0 Å². The van der Waals surface area contributed by atoms with Crippen LogP contribution in [-0.2, 0) is 11.2 Å². The molecule has 2 aromatic rings. The van der Waals surface area contributed by atoms with E-state index < -0.39 is 11.7 Å². The molecule has 0 fully saturated rings. The van der Waals surface area contributed by atoms with Crippen LogP contribution in [-0.4, -0.2) is 28.0 Å². The van der Waals surface area contributed by atoms with Crippen LogP contribution in [0.3, 0.4) is 0 Å². The Hall–Kier alpha value is -1.85. The summed E-state index contributed by atoms with van der Waals surface area (Å²) in [4.78, 5) is 19.1. The monoisotopic (exact) mass is 308 g/mol. The quantitative estimate of drug-likeness (QED) is 0.833. The van der Waals surface area contributed by atoms with E-state index in [1.54, 1.807) is 24.5 Å². The molecule has 0 saturated heterocycles. The number of carbonyl (C=O) groups excluding carboxylic acids is 1. The molecule has 6 heteroatoms. The molecule has 0 amide bonds. The van der Waals surface area contributed by atoms with E-state index in [9.17, 15) is 9.18 Å². The van der Waals surface area contributed by atoms with Gasteiger partial charge in [0.25, 0.3) is 0 Å². The molecule has 110 valence electrons. The molecule has 1 unspecified atom stereocenters. The number of carbonyl (C=O) groups is 1. The maximum absolute atomic E-state index is 13.8. The van der Waals surface area contributed by atoms with Gasteiger partial charge < -0.3 is 9.90 Å². The Kier molecular flexibility index (Phi) is 5.36. The van der Waals surface area contributed by atoms with Crippen molar-refractivity contribution >= 4 is 17.9 Å². The van der Waals surface area contributed by atoms with Gasteiger partial charge in [-0.25, -0.2) is 14.4 Å². The van der Waals surface area contributed by atoms with Crippen LogP contribution in [0.5, 0.6) is 0 Å². The molecule has 1 heterocycles. The average Bonchev–Trinajstić information content (AvgIpc) is 2.50. The summed E-state index contributed by atoms with van der Waals surface area (Å²) in [5.74, 6) is -0.615. The number of benzene rings is 1. The van der Waals surface area contributed by atoms with E-state index in [1.165, 1.54) is 6.07 Å². The van der Waals surface area contributed by atoms with Crippen LogP contribution in [0, 0.1) is 5.82 Å². The van der Waals surface area contributed by atoms with E-state index in [0.717, 1.165) is 0 Å². The first kappa shape index (κ1) is 15.5. The van der Waals surface area contributed by atoms with Gasteiger partial charge in [-0.05, 0) is 23.6 Å². The van der Waals surface area contributed by atoms with Gasteiger partial charge in [0.15, 0.2) is 0 Å². The molecule has 2 rings (SSSR count). The molecule has 0 aliphatic heterocycles. The van der Waals surface area contributed by atoms with Gasteiger partial charge in [0.2, 0.25) is 0 Å². The van der Waals surface area contributed by atoms with Crippen molar-refractivity contribution in [2.24, 2.45) is 0 Å². The van der Waals surface area contributed by atoms with Crippen molar-refractivity contribution in [3.8, 4) is 0 Å². The molecule has 0 aliphatic rings. The number of halogens is 2. The molecule has 4 nitrogen and oxygen atoms in total. The summed E-state index contributed by atoms with van der Waals surface area (Å²) in [5, 5.41) is 8.94. The van der Waals surface area contributed by atoms with E-state index in [4.69, 9.17) is 16.7 Å². The summed E-state index contributed by atoms with van der Waals surface area (Å²) < 4.78 is 13.8. The molecule has 0 aliphatic carbocycles. The molecule has 1 aromatic heterocycles. The Bertz CT molecular complexity index is 620. The highest BCUT2D eigenvalue weighted by Gasteiger charge is 2.13. The predicted molar refractivity (Wildman–Crippen MR) is 76.8 cm³/mol. The summed E-state index contributed by atoms with van der Waals surface area (Å²) in [7, 11) is 0. The fourth-order valence-electron chi connectivity index (χ4n) is 1.95. The number of nitrogens with zero attached hydrogens (tertiary/aromatic N) is 2. The predicted octanol–water partition coefficient (Wildman–Crippen LogP) is 2.52. The molecule has 0 saturated carbocycles. The maximum Gasteiger partial charge on any atom is 0.145 e. The Morgan fingerprint density at radius 2 is 2.05 bits per heavy atom. The van der Waals surface area contributed by atoms with E-state index in [1.807, 2.05) is 0 Å². The number of hydrogen-bond acceptors (Lipinski definition) is 4. The second kappa shape index (κ2) is 7.24. The number of aliphatic hydroxyl groups is 1. The summed E-state index contributed by atoms with van der Waals surface area (Å²) in [5.41, 5.74) is 1.18. The van der Waals surface area contributed by atoms with Crippen LogP contribution in [0.25, 0.3) is 0 Å². The Balaban J connectivity index is 2.15. The summed E-state index contributed by atoms with van der Waals surface area (Å²) >= 11 is 5.73. The first-order valence-corrected chi connectivity index (χ1v) is 6.83. The minimum atomic E-state index is -0.521.